The minimum atomic E-state index is 0.722. The first-order valence-electron chi connectivity index (χ1n) is 5.98. The summed E-state index contributed by atoms with van der Waals surface area (Å²) < 4.78 is 0. The molecule has 0 saturated carbocycles. The van der Waals surface area contributed by atoms with Gasteiger partial charge < -0.3 is 5.32 Å². The van der Waals surface area contributed by atoms with E-state index in [1.165, 1.54) is 16.0 Å². The number of nitrogens with one attached hydrogen (secondary N) is 2. The van der Waals surface area contributed by atoms with Crippen LogP contribution in [0.3, 0.4) is 0 Å². The van der Waals surface area contributed by atoms with E-state index in [0.29, 0.717) is 0 Å². The Labute approximate surface area is 119 Å². The summed E-state index contributed by atoms with van der Waals surface area (Å²) in [6.45, 7) is 0. The highest BCUT2D eigenvalue weighted by Crippen LogP contribution is 2.41. The van der Waals surface area contributed by atoms with Gasteiger partial charge in [0.15, 0.2) is 0 Å². The summed E-state index contributed by atoms with van der Waals surface area (Å²) >= 11 is 7.78. The molecule has 94 valence electrons. The van der Waals surface area contributed by atoms with Gasteiger partial charge in [0.25, 0.3) is 0 Å². The molecule has 0 amide bonds. The number of H-pyrrole nitrogens is 1. The predicted octanol–water partition coefficient (Wildman–Crippen LogP) is 4.44. The third-order valence-electron chi connectivity index (χ3n) is 3.30. The number of benzene rings is 1. The molecule has 19 heavy (non-hydrogen) atoms. The molecule has 0 aliphatic heterocycles. The van der Waals surface area contributed by atoms with Gasteiger partial charge in [0.2, 0.25) is 0 Å². The molecule has 0 fully saturated rings. The van der Waals surface area contributed by atoms with Crippen LogP contribution in [0.1, 0.15) is 10.4 Å². The van der Waals surface area contributed by atoms with Crippen LogP contribution in [0, 0.1) is 0 Å². The maximum absolute atomic E-state index is 5.99. The van der Waals surface area contributed by atoms with Crippen LogP contribution in [-0.2, 0) is 6.42 Å². The lowest BCUT2D eigenvalue weighted by Gasteiger charge is -2.05. The van der Waals surface area contributed by atoms with Crippen molar-refractivity contribution in [3.05, 3.63) is 51.2 Å². The van der Waals surface area contributed by atoms with Gasteiger partial charge in [0.05, 0.1) is 5.69 Å². The molecular formula is C14H10ClN3S. The Morgan fingerprint density at radius 1 is 1.32 bits per heavy atom. The fraction of sp³-hybridized carbons (Fsp3) is 0.0714. The smallest absolute Gasteiger partial charge is 0.130 e. The molecule has 5 heteroatoms. The van der Waals surface area contributed by atoms with E-state index < -0.39 is 0 Å². The Bertz CT molecular complexity index is 760. The molecule has 1 aliphatic carbocycles. The van der Waals surface area contributed by atoms with E-state index in [0.717, 1.165) is 28.6 Å². The lowest BCUT2D eigenvalue weighted by Crippen LogP contribution is -1.94. The first kappa shape index (κ1) is 11.1. The Kier molecular flexibility index (Phi) is 2.40. The molecular weight excluding hydrogens is 278 g/mol. The lowest BCUT2D eigenvalue weighted by molar-refractivity contribution is 1.09. The van der Waals surface area contributed by atoms with Crippen molar-refractivity contribution in [2.45, 2.75) is 6.42 Å². The molecule has 1 aliphatic rings. The number of fused-ring (bicyclic) bond motifs is 3. The van der Waals surface area contributed by atoms with Gasteiger partial charge in [-0.05, 0) is 29.6 Å². The summed E-state index contributed by atoms with van der Waals surface area (Å²) in [5, 5.41) is 13.7. The minimum absolute atomic E-state index is 0.722. The number of hydrogen-bond donors (Lipinski definition) is 2. The molecule has 0 atom stereocenters. The molecule has 0 unspecified atom stereocenters. The first-order chi connectivity index (χ1) is 9.31. The van der Waals surface area contributed by atoms with Crippen molar-refractivity contribution in [3.8, 4) is 11.3 Å². The van der Waals surface area contributed by atoms with Gasteiger partial charge in [-0.15, -0.1) is 11.3 Å². The van der Waals surface area contributed by atoms with Gasteiger partial charge in [-0.1, -0.05) is 17.7 Å². The predicted molar refractivity (Wildman–Crippen MR) is 79.4 cm³/mol. The van der Waals surface area contributed by atoms with Gasteiger partial charge in [0.1, 0.15) is 5.82 Å². The summed E-state index contributed by atoms with van der Waals surface area (Å²) in [4.78, 5) is 1.39. The number of aromatic nitrogens is 2. The Morgan fingerprint density at radius 2 is 2.26 bits per heavy atom. The van der Waals surface area contributed by atoms with E-state index in [9.17, 15) is 0 Å². The third kappa shape index (κ3) is 1.76. The van der Waals surface area contributed by atoms with E-state index in [1.54, 1.807) is 11.3 Å². The first-order valence-corrected chi connectivity index (χ1v) is 7.23. The number of halogens is 1. The molecule has 3 nitrogen and oxygen atoms in total. The number of aromatic amines is 1. The Balaban J connectivity index is 1.71. The second kappa shape index (κ2) is 4.11. The molecule has 2 aromatic heterocycles. The fourth-order valence-electron chi connectivity index (χ4n) is 2.42. The van der Waals surface area contributed by atoms with Gasteiger partial charge in [-0.2, -0.15) is 5.10 Å². The van der Waals surface area contributed by atoms with Gasteiger partial charge in [0, 0.05) is 33.1 Å². The Hall–Kier alpha value is -1.78. The van der Waals surface area contributed by atoms with Gasteiger partial charge in [-0.25, -0.2) is 0 Å². The van der Waals surface area contributed by atoms with Crippen LogP contribution in [-0.4, -0.2) is 10.2 Å². The molecule has 0 bridgehead atoms. The van der Waals surface area contributed by atoms with Crippen LogP contribution in [0.25, 0.3) is 11.3 Å². The van der Waals surface area contributed by atoms with Crippen LogP contribution < -0.4 is 5.32 Å². The zero-order chi connectivity index (χ0) is 12.8. The maximum atomic E-state index is 5.99. The molecule has 3 aromatic rings. The van der Waals surface area contributed by atoms with Crippen LogP contribution in [0.4, 0.5) is 11.5 Å². The summed E-state index contributed by atoms with van der Waals surface area (Å²) in [6.07, 6.45) is 0.946. The molecule has 0 spiro atoms. The molecule has 4 rings (SSSR count). The highest BCUT2D eigenvalue weighted by Gasteiger charge is 2.25. The average Bonchev–Trinajstić information content (AvgIpc) is 3.03. The minimum Gasteiger partial charge on any atom is -0.340 e. The highest BCUT2D eigenvalue weighted by molar-refractivity contribution is 7.10. The lowest BCUT2D eigenvalue weighted by atomic mass is 10.2. The topological polar surface area (TPSA) is 40.7 Å². The zero-order valence-corrected chi connectivity index (χ0v) is 11.5. The van der Waals surface area contributed by atoms with Crippen LogP contribution in [0.5, 0.6) is 0 Å². The zero-order valence-electron chi connectivity index (χ0n) is 9.90. The largest absolute Gasteiger partial charge is 0.340 e. The molecule has 0 radical (unpaired) electrons. The quantitative estimate of drug-likeness (QED) is 0.572. The van der Waals surface area contributed by atoms with Crippen LogP contribution >= 0.6 is 22.9 Å². The molecule has 1 aromatic carbocycles. The second-order valence-electron chi connectivity index (χ2n) is 4.50. The normalized spacial score (nSPS) is 12.3. The van der Waals surface area contributed by atoms with Crippen molar-refractivity contribution in [1.29, 1.82) is 0 Å². The molecule has 2 heterocycles. The fourth-order valence-corrected chi connectivity index (χ4v) is 3.50. The highest BCUT2D eigenvalue weighted by atomic mass is 35.5. The van der Waals surface area contributed by atoms with E-state index >= 15 is 0 Å². The summed E-state index contributed by atoms with van der Waals surface area (Å²) in [5.41, 5.74) is 4.53. The van der Waals surface area contributed by atoms with Crippen molar-refractivity contribution < 1.29 is 0 Å². The van der Waals surface area contributed by atoms with Crippen LogP contribution in [0.2, 0.25) is 5.02 Å². The van der Waals surface area contributed by atoms with E-state index in [4.69, 9.17) is 11.6 Å². The third-order valence-corrected chi connectivity index (χ3v) is 4.45. The number of anilines is 2. The summed E-state index contributed by atoms with van der Waals surface area (Å²) in [6, 6.07) is 9.82. The van der Waals surface area contributed by atoms with Crippen molar-refractivity contribution in [3.63, 3.8) is 0 Å². The van der Waals surface area contributed by atoms with Crippen molar-refractivity contribution in [1.82, 2.24) is 10.2 Å². The standard InChI is InChI=1S/C14H10ClN3S/c15-8-2-1-3-9(6-8)16-14-11-7-12-10(4-5-19-12)13(11)17-18-14/h1-6H,7H2,(H2,16,17,18). The number of hydrogen-bond acceptors (Lipinski definition) is 3. The summed E-state index contributed by atoms with van der Waals surface area (Å²) in [7, 11) is 0. The van der Waals surface area contributed by atoms with E-state index in [-0.39, 0.29) is 0 Å². The number of rotatable bonds is 2. The second-order valence-corrected chi connectivity index (χ2v) is 5.93. The van der Waals surface area contributed by atoms with Crippen molar-refractivity contribution >= 4 is 34.4 Å². The van der Waals surface area contributed by atoms with Crippen LogP contribution in [0.15, 0.2) is 35.7 Å². The number of thiophene rings is 1. The molecule has 0 saturated heterocycles. The maximum Gasteiger partial charge on any atom is 0.130 e. The van der Waals surface area contributed by atoms with Gasteiger partial charge in [-0.3, -0.25) is 5.10 Å². The SMILES string of the molecule is Clc1cccc(Nc2[nH]nc3c2Cc2sccc2-3)c1. The van der Waals surface area contributed by atoms with E-state index in [2.05, 4.69) is 27.0 Å². The van der Waals surface area contributed by atoms with E-state index in [1.807, 2.05) is 24.3 Å². The van der Waals surface area contributed by atoms with Crippen molar-refractivity contribution in [2.75, 3.05) is 5.32 Å². The van der Waals surface area contributed by atoms with Gasteiger partial charge >= 0.3 is 0 Å². The monoisotopic (exact) mass is 287 g/mol. The van der Waals surface area contributed by atoms with Crippen molar-refractivity contribution in [2.24, 2.45) is 0 Å². The molecule has 2 N–H and O–H groups in total. The number of nitrogens with zero attached hydrogens (tertiary/aromatic N) is 1. The Morgan fingerprint density at radius 3 is 3.16 bits per heavy atom. The average molecular weight is 288 g/mol. The summed E-state index contributed by atoms with van der Waals surface area (Å²) in [5.74, 6) is 0.959.